The Hall–Kier alpha value is -2.27. The van der Waals surface area contributed by atoms with Gasteiger partial charge >= 0.3 is 0 Å². The number of carbonyl (C=O) groups excluding carboxylic acids is 1. The first kappa shape index (κ1) is 20.5. The van der Waals surface area contributed by atoms with E-state index in [1.54, 1.807) is 7.11 Å². The molecule has 1 aliphatic heterocycles. The molecule has 0 unspecified atom stereocenters. The molecule has 1 amide bonds. The molecule has 1 aromatic carbocycles. The lowest BCUT2D eigenvalue weighted by Gasteiger charge is -2.35. The van der Waals surface area contributed by atoms with E-state index in [1.807, 2.05) is 30.2 Å². The van der Waals surface area contributed by atoms with Crippen molar-refractivity contribution in [3.63, 3.8) is 0 Å². The maximum absolute atomic E-state index is 12.9. The summed E-state index contributed by atoms with van der Waals surface area (Å²) < 4.78 is 5.33. The Kier molecular flexibility index (Phi) is 7.15. The number of benzene rings is 1. The van der Waals surface area contributed by atoms with Crippen molar-refractivity contribution in [1.29, 1.82) is 0 Å². The number of H-pyrrole nitrogens is 1. The van der Waals surface area contributed by atoms with Crippen molar-refractivity contribution in [1.82, 2.24) is 14.8 Å². The molecule has 1 atom stereocenters. The number of ether oxygens (including phenoxy) is 1. The maximum atomic E-state index is 12.9. The number of likely N-dealkylation sites (tertiary alicyclic amines) is 1. The van der Waals surface area contributed by atoms with Gasteiger partial charge in [-0.3, -0.25) is 4.79 Å². The smallest absolute Gasteiger partial charge is 0.255 e. The highest BCUT2D eigenvalue weighted by atomic mass is 16.5. The second-order valence-corrected chi connectivity index (χ2v) is 7.77. The average molecular weight is 384 g/mol. The molecule has 1 N–H and O–H groups in total. The zero-order valence-electron chi connectivity index (χ0n) is 17.4. The molecule has 0 bridgehead atoms. The van der Waals surface area contributed by atoms with Gasteiger partial charge in [-0.05, 0) is 69.3 Å². The van der Waals surface area contributed by atoms with Crippen LogP contribution < -0.4 is 4.74 Å². The summed E-state index contributed by atoms with van der Waals surface area (Å²) in [5.74, 6) is 1.61. The van der Waals surface area contributed by atoms with Gasteiger partial charge in [-0.2, -0.15) is 0 Å². The monoisotopic (exact) mass is 383 g/mol. The standard InChI is InChI=1S/C23H33N3O2/c1-4-26(23(27)22-10-12-24-18(22)2)17-20-8-6-13-25(16-20)14-11-19-7-5-9-21(15-19)28-3/h5,7,9-10,12,15,20,24H,4,6,8,11,13-14,16-17H2,1-3H3/t20-/m0/s1. The minimum Gasteiger partial charge on any atom is -0.497 e. The van der Waals surface area contributed by atoms with Crippen molar-refractivity contribution in [3.05, 3.63) is 53.3 Å². The van der Waals surface area contributed by atoms with E-state index in [0.717, 1.165) is 56.2 Å². The predicted octanol–water partition coefficient (Wildman–Crippen LogP) is 3.75. The van der Waals surface area contributed by atoms with E-state index in [1.165, 1.54) is 18.4 Å². The molecule has 3 rings (SSSR count). The topological polar surface area (TPSA) is 48.6 Å². The van der Waals surface area contributed by atoms with Gasteiger partial charge in [-0.25, -0.2) is 0 Å². The molecule has 2 aromatic rings. The highest BCUT2D eigenvalue weighted by molar-refractivity contribution is 5.95. The van der Waals surface area contributed by atoms with Crippen LogP contribution in [0.15, 0.2) is 36.5 Å². The van der Waals surface area contributed by atoms with Crippen LogP contribution in [0, 0.1) is 12.8 Å². The van der Waals surface area contributed by atoms with Crippen molar-refractivity contribution >= 4 is 5.91 Å². The van der Waals surface area contributed by atoms with Gasteiger partial charge in [0.25, 0.3) is 5.91 Å². The summed E-state index contributed by atoms with van der Waals surface area (Å²) in [5.41, 5.74) is 3.06. The number of hydrogen-bond acceptors (Lipinski definition) is 3. The van der Waals surface area contributed by atoms with Crippen LogP contribution in [0.3, 0.4) is 0 Å². The molecule has 0 aliphatic carbocycles. The SMILES string of the molecule is CCN(C[C@H]1CCCN(CCc2cccc(OC)c2)C1)C(=O)c1cc[nH]c1C. The minimum atomic E-state index is 0.148. The number of aromatic nitrogens is 1. The van der Waals surface area contributed by atoms with E-state index in [2.05, 4.69) is 35.0 Å². The molecule has 28 heavy (non-hydrogen) atoms. The first-order valence-electron chi connectivity index (χ1n) is 10.4. The molecule has 2 heterocycles. The lowest BCUT2D eigenvalue weighted by molar-refractivity contribution is 0.0690. The fourth-order valence-electron chi connectivity index (χ4n) is 4.14. The lowest BCUT2D eigenvalue weighted by atomic mass is 9.96. The van der Waals surface area contributed by atoms with Gasteiger partial charge in [0.1, 0.15) is 5.75 Å². The van der Waals surface area contributed by atoms with Crippen molar-refractivity contribution < 1.29 is 9.53 Å². The molecule has 152 valence electrons. The predicted molar refractivity (Wildman–Crippen MR) is 113 cm³/mol. The van der Waals surface area contributed by atoms with Crippen LogP contribution in [0.1, 0.15) is 41.4 Å². The van der Waals surface area contributed by atoms with Crippen molar-refractivity contribution in [2.75, 3.05) is 39.8 Å². The van der Waals surface area contributed by atoms with Crippen LogP contribution >= 0.6 is 0 Å². The number of nitrogens with one attached hydrogen (secondary N) is 1. The number of carbonyl (C=O) groups is 1. The Balaban J connectivity index is 1.53. The Morgan fingerprint density at radius 2 is 2.21 bits per heavy atom. The van der Waals surface area contributed by atoms with E-state index in [9.17, 15) is 4.79 Å². The molecular formula is C23H33N3O2. The number of rotatable bonds is 8. The molecule has 1 saturated heterocycles. The Morgan fingerprint density at radius 1 is 1.36 bits per heavy atom. The highest BCUT2D eigenvalue weighted by Gasteiger charge is 2.25. The fourth-order valence-corrected chi connectivity index (χ4v) is 4.14. The largest absolute Gasteiger partial charge is 0.497 e. The number of aryl methyl sites for hydroxylation is 1. The number of hydrogen-bond donors (Lipinski definition) is 1. The van der Waals surface area contributed by atoms with E-state index in [4.69, 9.17) is 4.74 Å². The minimum absolute atomic E-state index is 0.148. The molecule has 1 aliphatic rings. The summed E-state index contributed by atoms with van der Waals surface area (Å²) in [6, 6.07) is 10.2. The Labute approximate surface area is 168 Å². The summed E-state index contributed by atoms with van der Waals surface area (Å²) in [5, 5.41) is 0. The Bertz CT molecular complexity index is 771. The second-order valence-electron chi connectivity index (χ2n) is 7.77. The number of aromatic amines is 1. The summed E-state index contributed by atoms with van der Waals surface area (Å²) in [4.78, 5) is 20.5. The molecule has 0 spiro atoms. The number of piperidine rings is 1. The molecular weight excluding hydrogens is 350 g/mol. The van der Waals surface area contributed by atoms with Gasteiger partial charge in [-0.15, -0.1) is 0 Å². The first-order chi connectivity index (χ1) is 13.6. The second kappa shape index (κ2) is 9.78. The first-order valence-corrected chi connectivity index (χ1v) is 10.4. The lowest BCUT2D eigenvalue weighted by Crippen LogP contribution is -2.43. The van der Waals surface area contributed by atoms with Gasteiger partial charge in [0.2, 0.25) is 0 Å². The molecule has 5 nitrogen and oxygen atoms in total. The molecule has 1 fully saturated rings. The van der Waals surface area contributed by atoms with E-state index < -0.39 is 0 Å². The maximum Gasteiger partial charge on any atom is 0.255 e. The molecule has 0 saturated carbocycles. The molecule has 1 aromatic heterocycles. The summed E-state index contributed by atoms with van der Waals surface area (Å²) in [7, 11) is 1.71. The molecule has 5 heteroatoms. The Morgan fingerprint density at radius 3 is 2.93 bits per heavy atom. The third kappa shape index (κ3) is 5.16. The summed E-state index contributed by atoms with van der Waals surface area (Å²) in [6.07, 6.45) is 5.28. The van der Waals surface area contributed by atoms with Gasteiger partial charge in [0, 0.05) is 38.1 Å². The van der Waals surface area contributed by atoms with Crippen LogP contribution in [-0.2, 0) is 6.42 Å². The summed E-state index contributed by atoms with van der Waals surface area (Å²) >= 11 is 0. The number of methoxy groups -OCH3 is 1. The quantitative estimate of drug-likeness (QED) is 0.755. The van der Waals surface area contributed by atoms with Crippen molar-refractivity contribution in [3.8, 4) is 5.75 Å². The van der Waals surface area contributed by atoms with Gasteiger partial charge in [-0.1, -0.05) is 12.1 Å². The van der Waals surface area contributed by atoms with Crippen molar-refractivity contribution in [2.24, 2.45) is 5.92 Å². The fraction of sp³-hybridized carbons (Fsp3) is 0.522. The molecule has 0 radical (unpaired) electrons. The van der Waals surface area contributed by atoms with Crippen LogP contribution in [0.5, 0.6) is 5.75 Å². The van der Waals surface area contributed by atoms with E-state index in [0.29, 0.717) is 5.92 Å². The van der Waals surface area contributed by atoms with Crippen LogP contribution in [0.4, 0.5) is 0 Å². The van der Waals surface area contributed by atoms with Crippen molar-refractivity contribution in [2.45, 2.75) is 33.1 Å². The third-order valence-corrected chi connectivity index (χ3v) is 5.79. The van der Waals surface area contributed by atoms with Crippen LogP contribution in [0.2, 0.25) is 0 Å². The van der Waals surface area contributed by atoms with E-state index >= 15 is 0 Å². The van der Waals surface area contributed by atoms with Crippen LogP contribution in [0.25, 0.3) is 0 Å². The third-order valence-electron chi connectivity index (χ3n) is 5.79. The van der Waals surface area contributed by atoms with Crippen LogP contribution in [-0.4, -0.2) is 60.5 Å². The zero-order valence-corrected chi connectivity index (χ0v) is 17.4. The average Bonchev–Trinajstić information content (AvgIpc) is 3.16. The number of amides is 1. The summed E-state index contributed by atoms with van der Waals surface area (Å²) in [6.45, 7) is 8.91. The normalized spacial score (nSPS) is 17.5. The van der Waals surface area contributed by atoms with Gasteiger partial charge < -0.3 is 19.5 Å². The number of nitrogens with zero attached hydrogens (tertiary/aromatic N) is 2. The zero-order chi connectivity index (χ0) is 19.9. The highest BCUT2D eigenvalue weighted by Crippen LogP contribution is 2.20. The van der Waals surface area contributed by atoms with Gasteiger partial charge in [0.05, 0.1) is 12.7 Å². The van der Waals surface area contributed by atoms with E-state index in [-0.39, 0.29) is 5.91 Å². The van der Waals surface area contributed by atoms with Gasteiger partial charge in [0.15, 0.2) is 0 Å².